The molecule has 0 bridgehead atoms. The van der Waals surface area contributed by atoms with Crippen molar-refractivity contribution in [2.45, 2.75) is 11.6 Å². The fourth-order valence-corrected chi connectivity index (χ4v) is 1.83. The van der Waals surface area contributed by atoms with Crippen molar-refractivity contribution in [2.75, 3.05) is 6.26 Å². The number of benzene rings is 1. The first-order valence-electron chi connectivity index (χ1n) is 4.76. The number of hydrogen-bond donors (Lipinski definition) is 1. The summed E-state index contributed by atoms with van der Waals surface area (Å²) in [6.45, 7) is -0.698. The minimum absolute atomic E-state index is 0.450. The first kappa shape index (κ1) is 11.7. The first-order valence-corrected chi connectivity index (χ1v) is 5.98. The van der Waals surface area contributed by atoms with Crippen LogP contribution in [-0.2, 0) is 6.73 Å². The van der Waals surface area contributed by atoms with Gasteiger partial charge in [-0.25, -0.2) is 14.2 Å². The minimum atomic E-state index is -0.882. The molecule has 0 aliphatic carbocycles. The topological polar surface area (TPSA) is 77.4 Å². The molecule has 90 valence electrons. The Bertz CT molecular complexity index is 640. The summed E-state index contributed by atoms with van der Waals surface area (Å²) in [6.07, 6.45) is 1.90. The van der Waals surface area contributed by atoms with E-state index in [1.807, 2.05) is 12.3 Å². The average Bonchev–Trinajstić information content (AvgIpc) is 2.64. The quantitative estimate of drug-likeness (QED) is 0.795. The van der Waals surface area contributed by atoms with Crippen molar-refractivity contribution >= 4 is 11.8 Å². The summed E-state index contributed by atoms with van der Waals surface area (Å²) in [6, 6.07) is 6.99. The van der Waals surface area contributed by atoms with Crippen molar-refractivity contribution in [2.24, 2.45) is 0 Å². The van der Waals surface area contributed by atoms with Gasteiger partial charge in [0.05, 0.1) is 5.69 Å². The molecule has 0 fully saturated rings. The minimum Gasteiger partial charge on any atom is -0.376 e. The molecule has 6 nitrogen and oxygen atoms in total. The summed E-state index contributed by atoms with van der Waals surface area (Å²) in [5.74, 6) is -0.882. The number of thioether (sulfide) groups is 1. The van der Waals surface area contributed by atoms with E-state index >= 15 is 0 Å². The number of hydrogen-bond acceptors (Lipinski definition) is 5. The molecule has 2 rings (SSSR count). The molecule has 2 aromatic rings. The molecule has 1 aromatic carbocycles. The molecular weight excluding hydrogens is 244 g/mol. The van der Waals surface area contributed by atoms with Crippen molar-refractivity contribution in [3.63, 3.8) is 0 Å². The summed E-state index contributed by atoms with van der Waals surface area (Å²) in [7, 11) is 0. The van der Waals surface area contributed by atoms with E-state index in [9.17, 15) is 9.59 Å². The smallest absolute Gasteiger partial charge is 0.376 e. The van der Waals surface area contributed by atoms with Crippen molar-refractivity contribution in [1.29, 1.82) is 0 Å². The van der Waals surface area contributed by atoms with Gasteiger partial charge in [-0.1, -0.05) is 6.07 Å². The van der Waals surface area contributed by atoms with Crippen molar-refractivity contribution in [3.05, 3.63) is 45.3 Å². The van der Waals surface area contributed by atoms with Gasteiger partial charge in [0.1, 0.15) is 6.73 Å². The van der Waals surface area contributed by atoms with E-state index in [0.29, 0.717) is 10.3 Å². The predicted octanol–water partition coefficient (Wildman–Crippen LogP) is 0.264. The predicted molar refractivity (Wildman–Crippen MR) is 62.6 cm³/mol. The van der Waals surface area contributed by atoms with Crippen molar-refractivity contribution in [3.8, 4) is 5.69 Å². The van der Waals surface area contributed by atoms with Crippen LogP contribution in [0, 0.1) is 0 Å². The monoisotopic (exact) mass is 254 g/mol. The third-order valence-corrected chi connectivity index (χ3v) is 2.95. The molecule has 0 atom stereocenters. The zero-order valence-corrected chi connectivity index (χ0v) is 9.81. The van der Waals surface area contributed by atoms with Crippen LogP contribution in [0.15, 0.2) is 43.3 Å². The van der Waals surface area contributed by atoms with Crippen LogP contribution in [0.1, 0.15) is 0 Å². The number of rotatable bonds is 3. The molecule has 0 unspecified atom stereocenters. The van der Waals surface area contributed by atoms with Crippen LogP contribution < -0.4 is 11.4 Å². The van der Waals surface area contributed by atoms with E-state index in [0.717, 1.165) is 9.64 Å². The van der Waals surface area contributed by atoms with Crippen LogP contribution in [0.2, 0.25) is 0 Å². The fourth-order valence-electron chi connectivity index (χ4n) is 1.37. The van der Waals surface area contributed by atoms with Gasteiger partial charge in [0.2, 0.25) is 0 Å². The largest absolute Gasteiger partial charge is 0.445 e. The summed E-state index contributed by atoms with van der Waals surface area (Å²) < 4.78 is 6.23. The molecule has 0 radical (unpaired) electrons. The second-order valence-electron chi connectivity index (χ2n) is 3.21. The van der Waals surface area contributed by atoms with Gasteiger partial charge in [-0.05, 0) is 24.5 Å². The third-order valence-electron chi connectivity index (χ3n) is 2.22. The third kappa shape index (κ3) is 2.06. The molecule has 0 spiro atoms. The average molecular weight is 254 g/mol. The zero-order valence-electron chi connectivity index (χ0n) is 8.99. The fraction of sp³-hybridized carbons (Fsp3) is 0.200. The summed E-state index contributed by atoms with van der Waals surface area (Å²) >= 11 is 1.51. The Kier molecular flexibility index (Phi) is 3.21. The Balaban J connectivity index is 2.61. The lowest BCUT2D eigenvalue weighted by molar-refractivity contribution is 0.196. The molecule has 0 saturated heterocycles. The number of aliphatic hydroxyl groups excluding tert-OH is 1. The second-order valence-corrected chi connectivity index (χ2v) is 4.08. The molecule has 1 aromatic heterocycles. The lowest BCUT2D eigenvalue weighted by Gasteiger charge is -2.00. The highest BCUT2D eigenvalue weighted by Crippen LogP contribution is 2.17. The maximum absolute atomic E-state index is 11.7. The number of nitrogens with zero attached hydrogens (tertiary/aromatic N) is 2. The maximum Gasteiger partial charge on any atom is 0.445 e. The second kappa shape index (κ2) is 4.64. The standard InChI is InChI=1S/C10H10N2O4S/c1-17-8-4-2-3-7(5-8)12-9(14)11(6-13)10(15)16-12/h2-5,13H,6H2,1H3. The van der Waals surface area contributed by atoms with Gasteiger partial charge in [-0.2, -0.15) is 0 Å². The lowest BCUT2D eigenvalue weighted by atomic mass is 10.3. The highest BCUT2D eigenvalue weighted by Gasteiger charge is 2.12. The van der Waals surface area contributed by atoms with E-state index in [2.05, 4.69) is 0 Å². The number of aliphatic hydroxyl groups is 1. The SMILES string of the molecule is CSc1cccc(-n2oc(=O)n(CO)c2=O)c1. The van der Waals surface area contributed by atoms with Gasteiger partial charge in [-0.15, -0.1) is 16.5 Å². The first-order chi connectivity index (χ1) is 8.17. The van der Waals surface area contributed by atoms with Crippen LogP contribution >= 0.6 is 11.8 Å². The van der Waals surface area contributed by atoms with Gasteiger partial charge < -0.3 is 9.63 Å². The highest BCUT2D eigenvalue weighted by atomic mass is 32.2. The van der Waals surface area contributed by atoms with Gasteiger partial charge in [-0.3, -0.25) is 0 Å². The van der Waals surface area contributed by atoms with Gasteiger partial charge in [0.15, 0.2) is 0 Å². The Hall–Kier alpha value is -1.73. The zero-order chi connectivity index (χ0) is 12.4. The van der Waals surface area contributed by atoms with Gasteiger partial charge in [0, 0.05) is 4.90 Å². The molecule has 0 aliphatic heterocycles. The Morgan fingerprint density at radius 1 is 1.41 bits per heavy atom. The Labute approximate surface area is 100 Å². The van der Waals surface area contributed by atoms with Gasteiger partial charge in [0.25, 0.3) is 0 Å². The molecule has 0 aliphatic rings. The van der Waals surface area contributed by atoms with E-state index in [-0.39, 0.29) is 0 Å². The van der Waals surface area contributed by atoms with E-state index < -0.39 is 18.2 Å². The highest BCUT2D eigenvalue weighted by molar-refractivity contribution is 7.98. The van der Waals surface area contributed by atoms with Crippen LogP contribution in [0.3, 0.4) is 0 Å². The van der Waals surface area contributed by atoms with E-state index in [1.54, 1.807) is 18.2 Å². The number of aromatic nitrogens is 2. The molecule has 0 saturated carbocycles. The van der Waals surface area contributed by atoms with E-state index in [4.69, 9.17) is 9.63 Å². The van der Waals surface area contributed by atoms with Crippen molar-refractivity contribution < 1.29 is 9.63 Å². The van der Waals surface area contributed by atoms with Crippen LogP contribution in [0.25, 0.3) is 5.69 Å². The van der Waals surface area contributed by atoms with Crippen LogP contribution in [0.5, 0.6) is 0 Å². The Morgan fingerprint density at radius 2 is 2.18 bits per heavy atom. The van der Waals surface area contributed by atoms with Gasteiger partial charge >= 0.3 is 11.4 Å². The molecule has 7 heteroatoms. The van der Waals surface area contributed by atoms with E-state index in [1.165, 1.54) is 11.8 Å². The van der Waals surface area contributed by atoms with Crippen LogP contribution in [-0.4, -0.2) is 20.7 Å². The molecule has 1 N–H and O–H groups in total. The maximum atomic E-state index is 11.7. The molecule has 17 heavy (non-hydrogen) atoms. The summed E-state index contributed by atoms with van der Waals surface area (Å²) in [4.78, 5) is 23.9. The van der Waals surface area contributed by atoms with Crippen LogP contribution in [0.4, 0.5) is 0 Å². The lowest BCUT2D eigenvalue weighted by Crippen LogP contribution is -2.28. The molecule has 1 heterocycles. The molecular formula is C10H10N2O4S. The normalized spacial score (nSPS) is 10.7. The summed E-state index contributed by atoms with van der Waals surface area (Å²) in [5, 5.41) is 8.85. The molecule has 0 amide bonds. The Morgan fingerprint density at radius 3 is 2.76 bits per heavy atom. The summed E-state index contributed by atoms with van der Waals surface area (Å²) in [5.41, 5.74) is -0.248. The van der Waals surface area contributed by atoms with Crippen molar-refractivity contribution in [1.82, 2.24) is 9.31 Å².